The van der Waals surface area contributed by atoms with Crippen molar-refractivity contribution in [2.75, 3.05) is 5.32 Å². The molecule has 1 aromatic heterocycles. The van der Waals surface area contributed by atoms with Gasteiger partial charge >= 0.3 is 0 Å². The third-order valence-corrected chi connectivity index (χ3v) is 5.65. The molecule has 1 atom stereocenters. The van der Waals surface area contributed by atoms with Gasteiger partial charge in [0.2, 0.25) is 11.9 Å². The summed E-state index contributed by atoms with van der Waals surface area (Å²) >= 11 is 6.21. The molecule has 0 saturated carbocycles. The van der Waals surface area contributed by atoms with E-state index in [2.05, 4.69) is 23.3 Å². The highest BCUT2D eigenvalue weighted by Gasteiger charge is 2.29. The molecule has 0 aliphatic heterocycles. The normalized spacial score (nSPS) is 13.0. The van der Waals surface area contributed by atoms with E-state index in [1.807, 2.05) is 4.57 Å². The molecule has 0 saturated heterocycles. The summed E-state index contributed by atoms with van der Waals surface area (Å²) < 4.78 is 1.94. The van der Waals surface area contributed by atoms with Crippen molar-refractivity contribution in [2.24, 2.45) is 0 Å². The van der Waals surface area contributed by atoms with Gasteiger partial charge < -0.3 is 9.67 Å². The minimum absolute atomic E-state index is 0.167. The summed E-state index contributed by atoms with van der Waals surface area (Å²) in [5.41, 5.74) is 1.14. The first-order valence-electron chi connectivity index (χ1n) is 10.5. The molecule has 0 fully saturated rings. The maximum atomic E-state index is 12.8. The van der Waals surface area contributed by atoms with E-state index in [1.54, 1.807) is 49.4 Å². The van der Waals surface area contributed by atoms with Crippen LogP contribution < -0.4 is 5.32 Å². The van der Waals surface area contributed by atoms with Crippen LogP contribution in [0.25, 0.3) is 11.0 Å². The van der Waals surface area contributed by atoms with Crippen molar-refractivity contribution in [2.45, 2.75) is 58.1 Å². The van der Waals surface area contributed by atoms with Gasteiger partial charge in [-0.05, 0) is 37.6 Å². The molecule has 0 bridgehead atoms. The minimum atomic E-state index is -1.42. The van der Waals surface area contributed by atoms with Gasteiger partial charge in [-0.1, -0.05) is 56.0 Å². The van der Waals surface area contributed by atoms with Crippen LogP contribution in [0.5, 0.6) is 0 Å². The summed E-state index contributed by atoms with van der Waals surface area (Å²) in [4.78, 5) is 17.4. The Kier molecular flexibility index (Phi) is 7.32. The van der Waals surface area contributed by atoms with E-state index in [9.17, 15) is 15.2 Å². The number of halogens is 1. The second-order valence-electron chi connectivity index (χ2n) is 7.94. The number of amides is 1. The maximum absolute atomic E-state index is 12.8. The van der Waals surface area contributed by atoms with Gasteiger partial charge in [0, 0.05) is 17.1 Å². The van der Waals surface area contributed by atoms with E-state index >= 15 is 0 Å². The molecular weight excluding hydrogens is 412 g/mol. The number of fused-ring (bicyclic) bond motifs is 1. The van der Waals surface area contributed by atoms with E-state index in [4.69, 9.17) is 11.6 Å². The smallest absolute Gasteiger partial charge is 0.229 e. The van der Waals surface area contributed by atoms with Crippen LogP contribution in [-0.2, 0) is 16.9 Å². The van der Waals surface area contributed by atoms with Crippen LogP contribution in [0.1, 0.15) is 57.1 Å². The monoisotopic (exact) mass is 438 g/mol. The van der Waals surface area contributed by atoms with Crippen molar-refractivity contribution in [3.05, 3.63) is 58.6 Å². The van der Waals surface area contributed by atoms with Gasteiger partial charge in [-0.2, -0.15) is 5.26 Å². The molecule has 3 aromatic rings. The number of nitrogens with zero attached hydrogens (tertiary/aromatic N) is 3. The number of carbonyl (C=O) groups is 1. The summed E-state index contributed by atoms with van der Waals surface area (Å²) in [6.07, 6.45) is 4.11. The van der Waals surface area contributed by atoms with Gasteiger partial charge in [0.15, 0.2) is 0 Å². The fourth-order valence-electron chi connectivity index (χ4n) is 3.69. The van der Waals surface area contributed by atoms with Gasteiger partial charge in [0.1, 0.15) is 0 Å². The van der Waals surface area contributed by atoms with Crippen molar-refractivity contribution in [3.63, 3.8) is 0 Å². The van der Waals surface area contributed by atoms with E-state index in [-0.39, 0.29) is 12.3 Å². The summed E-state index contributed by atoms with van der Waals surface area (Å²) in [5, 5.41) is 23.4. The largest absolute Gasteiger partial charge is 0.385 e. The van der Waals surface area contributed by atoms with Crippen molar-refractivity contribution in [3.8, 4) is 6.07 Å². The predicted molar refractivity (Wildman–Crippen MR) is 123 cm³/mol. The van der Waals surface area contributed by atoms with Gasteiger partial charge in [-0.25, -0.2) is 4.98 Å². The SMILES string of the molecule is CCCCCCn1c(NC(=O)CC(C)(O)c2ccccc2Cl)nc2ccc(C#N)cc21. The van der Waals surface area contributed by atoms with Gasteiger partial charge in [0.05, 0.1) is 34.7 Å². The highest BCUT2D eigenvalue weighted by Crippen LogP contribution is 2.31. The Hall–Kier alpha value is -2.88. The molecular formula is C24H27ClN4O2. The molecule has 2 aromatic carbocycles. The lowest BCUT2D eigenvalue weighted by molar-refractivity contribution is -0.120. The van der Waals surface area contributed by atoms with E-state index in [0.29, 0.717) is 34.2 Å². The highest BCUT2D eigenvalue weighted by atomic mass is 35.5. The number of unbranched alkanes of at least 4 members (excludes halogenated alkanes) is 3. The van der Waals surface area contributed by atoms with Crippen LogP contribution in [0.2, 0.25) is 5.02 Å². The van der Waals surface area contributed by atoms with Gasteiger partial charge in [-0.3, -0.25) is 10.1 Å². The second kappa shape index (κ2) is 9.95. The first kappa shape index (κ1) is 22.8. The molecule has 1 heterocycles. The zero-order valence-electron chi connectivity index (χ0n) is 17.9. The number of nitrogens with one attached hydrogen (secondary N) is 1. The molecule has 0 radical (unpaired) electrons. The number of aryl methyl sites for hydroxylation is 1. The Balaban J connectivity index is 1.84. The number of aliphatic hydroxyl groups is 1. The third kappa shape index (κ3) is 5.43. The summed E-state index contributed by atoms with van der Waals surface area (Å²) in [5.74, 6) is 0.0529. The van der Waals surface area contributed by atoms with Crippen LogP contribution in [0.3, 0.4) is 0 Å². The van der Waals surface area contributed by atoms with E-state index in [1.165, 1.54) is 0 Å². The van der Waals surface area contributed by atoms with Crippen molar-refractivity contribution in [1.82, 2.24) is 9.55 Å². The molecule has 0 aliphatic rings. The number of hydrogen-bond donors (Lipinski definition) is 2. The number of hydrogen-bond acceptors (Lipinski definition) is 4. The molecule has 3 rings (SSSR count). The minimum Gasteiger partial charge on any atom is -0.385 e. The Bertz CT molecular complexity index is 1110. The first-order valence-corrected chi connectivity index (χ1v) is 10.9. The number of carbonyl (C=O) groups excluding carboxylic acids is 1. The van der Waals surface area contributed by atoms with Crippen LogP contribution in [0, 0.1) is 11.3 Å². The molecule has 0 spiro atoms. The van der Waals surface area contributed by atoms with Crippen molar-refractivity contribution in [1.29, 1.82) is 5.26 Å². The highest BCUT2D eigenvalue weighted by molar-refractivity contribution is 6.31. The van der Waals surface area contributed by atoms with E-state index < -0.39 is 5.60 Å². The zero-order valence-corrected chi connectivity index (χ0v) is 18.6. The van der Waals surface area contributed by atoms with Gasteiger partial charge in [-0.15, -0.1) is 0 Å². The first-order chi connectivity index (χ1) is 14.9. The molecule has 0 aliphatic carbocycles. The quantitative estimate of drug-likeness (QED) is 0.439. The molecule has 1 unspecified atom stereocenters. The predicted octanol–water partition coefficient (Wildman–Crippen LogP) is 5.38. The molecule has 162 valence electrons. The van der Waals surface area contributed by atoms with Gasteiger partial charge in [0.25, 0.3) is 0 Å². The summed E-state index contributed by atoms with van der Waals surface area (Å²) in [6, 6.07) is 14.4. The van der Waals surface area contributed by atoms with Crippen LogP contribution in [0.15, 0.2) is 42.5 Å². The zero-order chi connectivity index (χ0) is 22.4. The topological polar surface area (TPSA) is 90.9 Å². The molecule has 1 amide bonds. The Morgan fingerprint density at radius 3 is 2.74 bits per heavy atom. The van der Waals surface area contributed by atoms with Crippen LogP contribution in [0.4, 0.5) is 5.95 Å². The van der Waals surface area contributed by atoms with Crippen molar-refractivity contribution < 1.29 is 9.90 Å². The molecule has 31 heavy (non-hydrogen) atoms. The number of imidazole rings is 1. The van der Waals surface area contributed by atoms with Crippen molar-refractivity contribution >= 4 is 34.5 Å². The Morgan fingerprint density at radius 1 is 1.26 bits per heavy atom. The van der Waals surface area contributed by atoms with Crippen LogP contribution in [-0.4, -0.2) is 20.6 Å². The number of aromatic nitrogens is 2. The Morgan fingerprint density at radius 2 is 2.03 bits per heavy atom. The fraction of sp³-hybridized carbons (Fsp3) is 0.375. The third-order valence-electron chi connectivity index (χ3n) is 5.32. The average Bonchev–Trinajstić information content (AvgIpc) is 3.06. The van der Waals surface area contributed by atoms with Crippen LogP contribution >= 0.6 is 11.6 Å². The number of nitriles is 1. The fourth-order valence-corrected chi connectivity index (χ4v) is 4.02. The standard InChI is InChI=1S/C24H27ClN4O2/c1-3-4-5-8-13-29-21-14-17(16-26)11-12-20(21)27-23(29)28-22(30)15-24(2,31)18-9-6-7-10-19(18)25/h6-7,9-12,14,31H,3-5,8,13,15H2,1-2H3,(H,27,28,30). The average molecular weight is 439 g/mol. The number of anilines is 1. The Labute approximate surface area is 187 Å². The molecule has 6 nitrogen and oxygen atoms in total. The molecule has 2 N–H and O–H groups in total. The number of rotatable bonds is 9. The molecule has 7 heteroatoms. The number of benzene rings is 2. The maximum Gasteiger partial charge on any atom is 0.229 e. The summed E-state index contributed by atoms with van der Waals surface area (Å²) in [7, 11) is 0. The lowest BCUT2D eigenvalue weighted by atomic mass is 9.92. The lowest BCUT2D eigenvalue weighted by Gasteiger charge is -2.24. The second-order valence-corrected chi connectivity index (χ2v) is 8.35. The lowest BCUT2D eigenvalue weighted by Crippen LogP contribution is -2.29. The summed E-state index contributed by atoms with van der Waals surface area (Å²) in [6.45, 7) is 4.41. The van der Waals surface area contributed by atoms with E-state index in [0.717, 1.165) is 31.2 Å².